The van der Waals surface area contributed by atoms with Gasteiger partial charge < -0.3 is 15.4 Å². The molecule has 2 rings (SSSR count). The summed E-state index contributed by atoms with van der Waals surface area (Å²) in [6.07, 6.45) is 1.86. The third-order valence-electron chi connectivity index (χ3n) is 3.53. The zero-order valence-corrected chi connectivity index (χ0v) is 13.3. The minimum atomic E-state index is 0.125. The van der Waals surface area contributed by atoms with E-state index in [9.17, 15) is 0 Å². The first-order valence-electron chi connectivity index (χ1n) is 7.61. The van der Waals surface area contributed by atoms with Gasteiger partial charge >= 0.3 is 0 Å². The monoisotopic (exact) mass is 286 g/mol. The fourth-order valence-electron chi connectivity index (χ4n) is 2.55. The highest BCUT2D eigenvalue weighted by atomic mass is 16.5. The van der Waals surface area contributed by atoms with Crippen LogP contribution in [0.25, 0.3) is 10.8 Å². The standard InChI is InChI=1S/C18H26N2O/c1-14(19)13-17-16-8-5-4-7-15(16)9-10-18(17)21-12-6-11-20(2)3/h4-5,7-10,14H,6,11-13,19H2,1-3H3. The maximum Gasteiger partial charge on any atom is 0.123 e. The highest BCUT2D eigenvalue weighted by molar-refractivity contribution is 5.87. The van der Waals surface area contributed by atoms with Crippen LogP contribution in [-0.4, -0.2) is 38.2 Å². The number of nitrogens with zero attached hydrogens (tertiary/aromatic N) is 1. The third kappa shape index (κ3) is 4.45. The summed E-state index contributed by atoms with van der Waals surface area (Å²) in [5.41, 5.74) is 7.25. The molecule has 2 aromatic carbocycles. The zero-order chi connectivity index (χ0) is 15.2. The van der Waals surface area contributed by atoms with Crippen LogP contribution in [0.15, 0.2) is 36.4 Å². The molecule has 0 saturated heterocycles. The van der Waals surface area contributed by atoms with Gasteiger partial charge in [0.2, 0.25) is 0 Å². The highest BCUT2D eigenvalue weighted by Crippen LogP contribution is 2.29. The Bertz CT molecular complexity index is 578. The van der Waals surface area contributed by atoms with E-state index in [0.717, 1.165) is 31.7 Å². The molecule has 1 unspecified atom stereocenters. The number of hydrogen-bond acceptors (Lipinski definition) is 3. The average Bonchev–Trinajstić information content (AvgIpc) is 2.44. The van der Waals surface area contributed by atoms with Gasteiger partial charge in [-0.3, -0.25) is 0 Å². The van der Waals surface area contributed by atoms with Crippen molar-refractivity contribution >= 4 is 10.8 Å². The smallest absolute Gasteiger partial charge is 0.123 e. The Morgan fingerprint density at radius 1 is 1.14 bits per heavy atom. The minimum Gasteiger partial charge on any atom is -0.493 e. The second-order valence-electron chi connectivity index (χ2n) is 5.95. The lowest BCUT2D eigenvalue weighted by atomic mass is 9.98. The van der Waals surface area contributed by atoms with E-state index in [4.69, 9.17) is 10.5 Å². The number of ether oxygens (including phenoxy) is 1. The summed E-state index contributed by atoms with van der Waals surface area (Å²) in [6, 6.07) is 12.8. The maximum absolute atomic E-state index is 6.02. The summed E-state index contributed by atoms with van der Waals surface area (Å²) < 4.78 is 6.01. The summed E-state index contributed by atoms with van der Waals surface area (Å²) in [7, 11) is 4.16. The average molecular weight is 286 g/mol. The number of rotatable bonds is 7. The van der Waals surface area contributed by atoms with Gasteiger partial charge in [-0.25, -0.2) is 0 Å². The first kappa shape index (κ1) is 15.8. The molecule has 3 heteroatoms. The van der Waals surface area contributed by atoms with Gasteiger partial charge in [-0.2, -0.15) is 0 Å². The predicted molar refractivity (Wildman–Crippen MR) is 90.0 cm³/mol. The molecular weight excluding hydrogens is 260 g/mol. The number of nitrogens with two attached hydrogens (primary N) is 1. The van der Waals surface area contributed by atoms with E-state index in [-0.39, 0.29) is 6.04 Å². The van der Waals surface area contributed by atoms with Crippen molar-refractivity contribution in [1.29, 1.82) is 0 Å². The summed E-state index contributed by atoms with van der Waals surface area (Å²) >= 11 is 0. The lowest BCUT2D eigenvalue weighted by molar-refractivity contribution is 0.279. The third-order valence-corrected chi connectivity index (χ3v) is 3.53. The van der Waals surface area contributed by atoms with Gasteiger partial charge in [0.25, 0.3) is 0 Å². The molecule has 2 N–H and O–H groups in total. The molecule has 114 valence electrons. The van der Waals surface area contributed by atoms with E-state index in [1.165, 1.54) is 16.3 Å². The van der Waals surface area contributed by atoms with Gasteiger partial charge in [0.15, 0.2) is 0 Å². The molecule has 0 heterocycles. The van der Waals surface area contributed by atoms with Crippen LogP contribution >= 0.6 is 0 Å². The van der Waals surface area contributed by atoms with Crippen molar-refractivity contribution in [2.75, 3.05) is 27.2 Å². The maximum atomic E-state index is 6.02. The van der Waals surface area contributed by atoms with E-state index in [1.54, 1.807) is 0 Å². The molecule has 0 aliphatic carbocycles. The molecule has 1 atom stereocenters. The van der Waals surface area contributed by atoms with Crippen molar-refractivity contribution in [3.8, 4) is 5.75 Å². The molecule has 0 amide bonds. The van der Waals surface area contributed by atoms with Crippen molar-refractivity contribution in [3.05, 3.63) is 42.0 Å². The SMILES string of the molecule is CC(N)Cc1c(OCCCN(C)C)ccc2ccccc12. The summed E-state index contributed by atoms with van der Waals surface area (Å²) in [5.74, 6) is 0.977. The van der Waals surface area contributed by atoms with E-state index in [1.807, 2.05) is 6.92 Å². The molecular formula is C18H26N2O. The summed E-state index contributed by atoms with van der Waals surface area (Å²) in [5, 5.41) is 2.49. The quantitative estimate of drug-likeness (QED) is 0.795. The fourth-order valence-corrected chi connectivity index (χ4v) is 2.55. The van der Waals surface area contributed by atoms with E-state index in [0.29, 0.717) is 0 Å². The van der Waals surface area contributed by atoms with Crippen molar-refractivity contribution in [1.82, 2.24) is 4.90 Å². The van der Waals surface area contributed by atoms with Crippen molar-refractivity contribution in [2.24, 2.45) is 5.73 Å². The Kier molecular flexibility index (Phi) is 5.59. The topological polar surface area (TPSA) is 38.5 Å². The Labute approximate surface area is 127 Å². The second-order valence-corrected chi connectivity index (χ2v) is 5.95. The lowest BCUT2D eigenvalue weighted by Gasteiger charge is -2.16. The van der Waals surface area contributed by atoms with Crippen LogP contribution in [0.1, 0.15) is 18.9 Å². The molecule has 0 spiro atoms. The van der Waals surface area contributed by atoms with Crippen molar-refractivity contribution < 1.29 is 4.74 Å². The highest BCUT2D eigenvalue weighted by Gasteiger charge is 2.10. The second kappa shape index (κ2) is 7.43. The van der Waals surface area contributed by atoms with Crippen LogP contribution in [-0.2, 0) is 6.42 Å². The summed E-state index contributed by atoms with van der Waals surface area (Å²) in [4.78, 5) is 2.17. The Balaban J connectivity index is 2.21. The van der Waals surface area contributed by atoms with Gasteiger partial charge in [-0.05, 0) is 50.7 Å². The molecule has 21 heavy (non-hydrogen) atoms. The number of fused-ring (bicyclic) bond motifs is 1. The van der Waals surface area contributed by atoms with Gasteiger partial charge in [0.1, 0.15) is 5.75 Å². The molecule has 0 radical (unpaired) electrons. The molecule has 0 fully saturated rings. The summed E-state index contributed by atoms with van der Waals surface area (Å²) in [6.45, 7) is 3.82. The van der Waals surface area contributed by atoms with Crippen LogP contribution in [0, 0.1) is 0 Å². The first-order valence-corrected chi connectivity index (χ1v) is 7.61. The van der Waals surface area contributed by atoms with Crippen LogP contribution in [0.2, 0.25) is 0 Å². The van der Waals surface area contributed by atoms with Crippen molar-refractivity contribution in [2.45, 2.75) is 25.8 Å². The normalized spacial score (nSPS) is 12.8. The Hall–Kier alpha value is -1.58. The minimum absolute atomic E-state index is 0.125. The Morgan fingerprint density at radius 2 is 1.90 bits per heavy atom. The lowest BCUT2D eigenvalue weighted by Crippen LogP contribution is -2.19. The van der Waals surface area contributed by atoms with E-state index in [2.05, 4.69) is 55.4 Å². The van der Waals surface area contributed by atoms with Crippen LogP contribution in [0.4, 0.5) is 0 Å². The van der Waals surface area contributed by atoms with Gasteiger partial charge in [-0.1, -0.05) is 30.3 Å². The molecule has 3 nitrogen and oxygen atoms in total. The van der Waals surface area contributed by atoms with E-state index < -0.39 is 0 Å². The van der Waals surface area contributed by atoms with Gasteiger partial charge in [-0.15, -0.1) is 0 Å². The van der Waals surface area contributed by atoms with Crippen LogP contribution in [0.5, 0.6) is 5.75 Å². The first-order chi connectivity index (χ1) is 10.1. The number of hydrogen-bond donors (Lipinski definition) is 1. The predicted octanol–water partition coefficient (Wildman–Crippen LogP) is 3.06. The molecule has 2 aromatic rings. The van der Waals surface area contributed by atoms with Crippen LogP contribution < -0.4 is 10.5 Å². The molecule has 0 bridgehead atoms. The van der Waals surface area contributed by atoms with Gasteiger partial charge in [0, 0.05) is 18.2 Å². The van der Waals surface area contributed by atoms with E-state index >= 15 is 0 Å². The molecule has 0 aromatic heterocycles. The largest absolute Gasteiger partial charge is 0.493 e. The molecule has 0 saturated carbocycles. The van der Waals surface area contributed by atoms with Crippen LogP contribution in [0.3, 0.4) is 0 Å². The fraction of sp³-hybridized carbons (Fsp3) is 0.444. The zero-order valence-electron chi connectivity index (χ0n) is 13.3. The number of benzene rings is 2. The molecule has 0 aliphatic heterocycles. The Morgan fingerprint density at radius 3 is 2.62 bits per heavy atom. The van der Waals surface area contributed by atoms with Crippen molar-refractivity contribution in [3.63, 3.8) is 0 Å². The molecule has 0 aliphatic rings. The van der Waals surface area contributed by atoms with Gasteiger partial charge in [0.05, 0.1) is 6.61 Å².